The molecule has 1 heteroatoms. The lowest BCUT2D eigenvalue weighted by Crippen LogP contribution is -1.98. The Labute approximate surface area is 80.2 Å². The highest BCUT2D eigenvalue weighted by atomic mass is 14.6. The lowest BCUT2D eigenvalue weighted by molar-refractivity contribution is 0.778. The van der Waals surface area contributed by atoms with Crippen LogP contribution >= 0.6 is 0 Å². The van der Waals surface area contributed by atoms with Gasteiger partial charge in [-0.05, 0) is 48.3 Å². The van der Waals surface area contributed by atoms with Gasteiger partial charge in [0.1, 0.15) is 0 Å². The molecule has 1 nitrogen and oxygen atoms in total. The molecule has 0 unspecified atom stereocenters. The van der Waals surface area contributed by atoms with Crippen LogP contribution in [0, 0.1) is 5.92 Å². The molecule has 13 heavy (non-hydrogen) atoms. The van der Waals surface area contributed by atoms with Crippen LogP contribution in [0.2, 0.25) is 0 Å². The van der Waals surface area contributed by atoms with Crippen molar-refractivity contribution in [2.45, 2.75) is 39.0 Å². The maximum absolute atomic E-state index is 4.21. The first-order valence-corrected chi connectivity index (χ1v) is 5.20. The Hall–Kier alpha value is -0.850. The third-order valence-electron chi connectivity index (χ3n) is 2.77. The minimum atomic E-state index is 0.636. The van der Waals surface area contributed by atoms with Crippen LogP contribution in [0.5, 0.6) is 0 Å². The van der Waals surface area contributed by atoms with E-state index in [4.69, 9.17) is 0 Å². The second-order valence-electron chi connectivity index (χ2n) is 4.38. The quantitative estimate of drug-likeness (QED) is 0.687. The summed E-state index contributed by atoms with van der Waals surface area (Å²) in [6, 6.07) is 2.17. The molecule has 0 saturated heterocycles. The number of hydrogen-bond donors (Lipinski definition) is 0. The molecule has 0 aliphatic heterocycles. The molecular weight excluding hydrogens is 158 g/mol. The molecule has 0 N–H and O–H groups in total. The molecule has 1 aromatic heterocycles. The van der Waals surface area contributed by atoms with Crippen molar-refractivity contribution in [1.82, 2.24) is 4.98 Å². The van der Waals surface area contributed by atoms with Gasteiger partial charge in [0, 0.05) is 12.4 Å². The zero-order valence-electron chi connectivity index (χ0n) is 8.46. The molecule has 0 radical (unpaired) electrons. The largest absolute Gasteiger partial charge is 0.264 e. The Morgan fingerprint density at radius 3 is 2.85 bits per heavy atom. The van der Waals surface area contributed by atoms with Gasteiger partial charge >= 0.3 is 0 Å². The summed E-state index contributed by atoms with van der Waals surface area (Å²) in [4.78, 5) is 4.21. The van der Waals surface area contributed by atoms with E-state index in [0.29, 0.717) is 5.92 Å². The Morgan fingerprint density at radius 2 is 2.23 bits per heavy atom. The maximum Gasteiger partial charge on any atom is 0.0302 e. The van der Waals surface area contributed by atoms with Crippen molar-refractivity contribution in [2.24, 2.45) is 5.92 Å². The summed E-state index contributed by atoms with van der Waals surface area (Å²) in [6.07, 6.45) is 8.06. The van der Waals surface area contributed by atoms with Gasteiger partial charge in [0.25, 0.3) is 0 Å². The number of nitrogens with zero attached hydrogens (tertiary/aromatic N) is 1. The van der Waals surface area contributed by atoms with E-state index in [-0.39, 0.29) is 0 Å². The minimum Gasteiger partial charge on any atom is -0.264 e. The second kappa shape index (κ2) is 3.49. The molecule has 1 aromatic rings. The maximum atomic E-state index is 4.21. The lowest BCUT2D eigenvalue weighted by Gasteiger charge is -2.10. The zero-order valence-corrected chi connectivity index (χ0v) is 8.46. The summed E-state index contributed by atoms with van der Waals surface area (Å²) in [7, 11) is 0. The van der Waals surface area contributed by atoms with E-state index < -0.39 is 0 Å². The van der Waals surface area contributed by atoms with E-state index in [2.05, 4.69) is 24.9 Å². The van der Waals surface area contributed by atoms with Crippen LogP contribution in [0.3, 0.4) is 0 Å². The molecule has 1 saturated carbocycles. The van der Waals surface area contributed by atoms with E-state index in [9.17, 15) is 0 Å². The zero-order chi connectivity index (χ0) is 9.26. The van der Waals surface area contributed by atoms with Crippen LogP contribution in [-0.4, -0.2) is 4.98 Å². The number of rotatable bonds is 3. The van der Waals surface area contributed by atoms with E-state index in [1.165, 1.54) is 30.4 Å². The summed E-state index contributed by atoms with van der Waals surface area (Å²) in [6.45, 7) is 4.51. The summed E-state index contributed by atoms with van der Waals surface area (Å²) in [5.74, 6) is 1.60. The van der Waals surface area contributed by atoms with Gasteiger partial charge in [0.15, 0.2) is 0 Å². The van der Waals surface area contributed by atoms with Crippen molar-refractivity contribution in [1.29, 1.82) is 0 Å². The first kappa shape index (κ1) is 8.74. The summed E-state index contributed by atoms with van der Waals surface area (Å²) < 4.78 is 0. The second-order valence-corrected chi connectivity index (χ2v) is 4.38. The summed E-state index contributed by atoms with van der Waals surface area (Å²) >= 11 is 0. The molecule has 0 amide bonds. The Balaban J connectivity index is 2.20. The van der Waals surface area contributed by atoms with Crippen molar-refractivity contribution in [3.8, 4) is 0 Å². The van der Waals surface area contributed by atoms with Gasteiger partial charge < -0.3 is 0 Å². The Morgan fingerprint density at radius 1 is 1.46 bits per heavy atom. The molecule has 1 aliphatic rings. The molecule has 2 rings (SSSR count). The number of aromatic nitrogens is 1. The first-order valence-electron chi connectivity index (χ1n) is 5.20. The Bertz CT molecular complexity index is 287. The average molecular weight is 175 g/mol. The van der Waals surface area contributed by atoms with E-state index in [1.807, 2.05) is 12.4 Å². The molecular formula is C12H17N. The van der Waals surface area contributed by atoms with Crippen molar-refractivity contribution in [2.75, 3.05) is 0 Å². The number of pyridine rings is 1. The van der Waals surface area contributed by atoms with Crippen LogP contribution in [0.15, 0.2) is 18.5 Å². The first-order chi connectivity index (χ1) is 6.27. The fourth-order valence-corrected chi connectivity index (χ4v) is 1.80. The summed E-state index contributed by atoms with van der Waals surface area (Å²) in [5.41, 5.74) is 2.96. The SMILES string of the molecule is CC(C)c1ccncc1CC1CC1. The fourth-order valence-electron chi connectivity index (χ4n) is 1.80. The van der Waals surface area contributed by atoms with Crippen molar-refractivity contribution in [3.63, 3.8) is 0 Å². The van der Waals surface area contributed by atoms with Gasteiger partial charge in [-0.15, -0.1) is 0 Å². The van der Waals surface area contributed by atoms with Crippen molar-refractivity contribution in [3.05, 3.63) is 29.6 Å². The highest BCUT2D eigenvalue weighted by molar-refractivity contribution is 5.27. The van der Waals surface area contributed by atoms with Crippen LogP contribution in [0.4, 0.5) is 0 Å². The van der Waals surface area contributed by atoms with E-state index >= 15 is 0 Å². The molecule has 1 fully saturated rings. The lowest BCUT2D eigenvalue weighted by atomic mass is 9.96. The third-order valence-corrected chi connectivity index (χ3v) is 2.77. The normalized spacial score (nSPS) is 16.5. The van der Waals surface area contributed by atoms with Gasteiger partial charge in [-0.1, -0.05) is 13.8 Å². The number of hydrogen-bond acceptors (Lipinski definition) is 1. The smallest absolute Gasteiger partial charge is 0.0302 e. The van der Waals surface area contributed by atoms with E-state index in [1.54, 1.807) is 0 Å². The van der Waals surface area contributed by atoms with Gasteiger partial charge in [-0.25, -0.2) is 0 Å². The minimum absolute atomic E-state index is 0.636. The molecule has 70 valence electrons. The molecule has 1 heterocycles. The molecule has 0 bridgehead atoms. The standard InChI is InChI=1S/C12H17N/c1-9(2)12-5-6-13-8-11(12)7-10-3-4-10/h5-6,8-10H,3-4,7H2,1-2H3. The van der Waals surface area contributed by atoms with Crippen LogP contribution in [0.25, 0.3) is 0 Å². The van der Waals surface area contributed by atoms with Gasteiger partial charge in [0.2, 0.25) is 0 Å². The van der Waals surface area contributed by atoms with Crippen LogP contribution in [-0.2, 0) is 6.42 Å². The van der Waals surface area contributed by atoms with Crippen molar-refractivity contribution < 1.29 is 0 Å². The summed E-state index contributed by atoms with van der Waals surface area (Å²) in [5, 5.41) is 0. The fraction of sp³-hybridized carbons (Fsp3) is 0.583. The van der Waals surface area contributed by atoms with Crippen LogP contribution in [0.1, 0.15) is 43.7 Å². The van der Waals surface area contributed by atoms with Crippen molar-refractivity contribution >= 4 is 0 Å². The highest BCUT2D eigenvalue weighted by Gasteiger charge is 2.22. The average Bonchev–Trinajstić information content (AvgIpc) is 2.89. The van der Waals surface area contributed by atoms with Gasteiger partial charge in [0.05, 0.1) is 0 Å². The predicted octanol–water partition coefficient (Wildman–Crippen LogP) is 3.16. The molecule has 0 aromatic carbocycles. The molecule has 0 atom stereocenters. The third kappa shape index (κ3) is 2.09. The Kier molecular flexibility index (Phi) is 2.34. The highest BCUT2D eigenvalue weighted by Crippen LogP contribution is 2.34. The molecule has 1 aliphatic carbocycles. The molecule has 0 spiro atoms. The van der Waals surface area contributed by atoms with E-state index in [0.717, 1.165) is 5.92 Å². The van der Waals surface area contributed by atoms with Gasteiger partial charge in [-0.2, -0.15) is 0 Å². The predicted molar refractivity (Wildman–Crippen MR) is 54.8 cm³/mol. The van der Waals surface area contributed by atoms with Gasteiger partial charge in [-0.3, -0.25) is 4.98 Å². The van der Waals surface area contributed by atoms with Crippen LogP contribution < -0.4 is 0 Å². The topological polar surface area (TPSA) is 12.9 Å². The monoisotopic (exact) mass is 175 g/mol.